The van der Waals surface area contributed by atoms with Gasteiger partial charge in [0.1, 0.15) is 5.60 Å². The summed E-state index contributed by atoms with van der Waals surface area (Å²) in [4.78, 5) is 4.18. The Morgan fingerprint density at radius 1 is 1.06 bits per heavy atom. The van der Waals surface area contributed by atoms with E-state index in [4.69, 9.17) is 0 Å². The summed E-state index contributed by atoms with van der Waals surface area (Å²) in [6.45, 7) is 3.70. The number of benzene rings is 1. The highest BCUT2D eigenvalue weighted by atomic mass is 16.3. The van der Waals surface area contributed by atoms with Crippen LogP contribution in [0, 0.1) is 0 Å². The van der Waals surface area contributed by atoms with Crippen LogP contribution in [-0.4, -0.2) is 10.1 Å². The summed E-state index contributed by atoms with van der Waals surface area (Å²) in [5, 5.41) is 10.6. The van der Waals surface area contributed by atoms with Gasteiger partial charge in [0, 0.05) is 6.20 Å². The third-order valence-corrected chi connectivity index (χ3v) is 2.56. The number of aromatic nitrogens is 1. The number of nitrogens with zero attached hydrogens (tertiary/aromatic N) is 1. The molecule has 1 aromatic carbocycles. The Kier molecular flexibility index (Phi) is 2.84. The molecule has 1 unspecified atom stereocenters. The predicted octanol–water partition coefficient (Wildman–Crippen LogP) is 2.50. The highest BCUT2D eigenvalue weighted by Gasteiger charge is 2.28. The zero-order valence-corrected chi connectivity index (χ0v) is 8.88. The Balaban J connectivity index is 2.53. The van der Waals surface area contributed by atoms with Crippen molar-refractivity contribution in [2.24, 2.45) is 0 Å². The molecular formula is C14H13NO. The molecule has 0 saturated carbocycles. The summed E-state index contributed by atoms with van der Waals surface area (Å²) in [6.07, 6.45) is 3.16. The Labute approximate surface area is 94.9 Å². The third-order valence-electron chi connectivity index (χ3n) is 2.56. The Hall–Kier alpha value is -1.93. The van der Waals surface area contributed by atoms with Crippen molar-refractivity contribution in [3.63, 3.8) is 0 Å². The first-order valence-corrected chi connectivity index (χ1v) is 5.10. The molecule has 0 aliphatic heterocycles. The number of aliphatic hydroxyl groups is 1. The van der Waals surface area contributed by atoms with Crippen LogP contribution in [-0.2, 0) is 5.60 Å². The van der Waals surface area contributed by atoms with Crippen molar-refractivity contribution in [3.05, 3.63) is 78.6 Å². The van der Waals surface area contributed by atoms with E-state index in [-0.39, 0.29) is 0 Å². The largest absolute Gasteiger partial charge is 0.375 e. The minimum atomic E-state index is -1.22. The monoisotopic (exact) mass is 211 g/mol. The molecule has 0 spiro atoms. The lowest BCUT2D eigenvalue weighted by atomic mass is 9.90. The summed E-state index contributed by atoms with van der Waals surface area (Å²) in [7, 11) is 0. The Morgan fingerprint density at radius 2 is 1.75 bits per heavy atom. The van der Waals surface area contributed by atoms with Crippen molar-refractivity contribution in [2.45, 2.75) is 5.60 Å². The van der Waals surface area contributed by atoms with Crippen molar-refractivity contribution in [2.75, 3.05) is 0 Å². The fourth-order valence-electron chi connectivity index (χ4n) is 1.65. The van der Waals surface area contributed by atoms with Crippen molar-refractivity contribution >= 4 is 0 Å². The minimum absolute atomic E-state index is 0.580. The topological polar surface area (TPSA) is 33.1 Å². The molecule has 1 N–H and O–H groups in total. The standard InChI is InChI=1S/C14H13NO/c1-2-14(16,12-8-4-3-5-9-12)13-10-6-7-11-15-13/h2-11,16H,1H2. The molecule has 2 aromatic rings. The number of pyridine rings is 1. The van der Waals surface area contributed by atoms with Gasteiger partial charge in [-0.05, 0) is 23.8 Å². The lowest BCUT2D eigenvalue weighted by Gasteiger charge is -2.24. The lowest BCUT2D eigenvalue weighted by molar-refractivity contribution is 0.130. The smallest absolute Gasteiger partial charge is 0.150 e. The molecule has 0 amide bonds. The number of hydrogen-bond acceptors (Lipinski definition) is 2. The van der Waals surface area contributed by atoms with E-state index >= 15 is 0 Å². The molecule has 16 heavy (non-hydrogen) atoms. The zero-order chi connectivity index (χ0) is 11.4. The summed E-state index contributed by atoms with van der Waals surface area (Å²) >= 11 is 0. The molecule has 2 heteroatoms. The average Bonchev–Trinajstić information content (AvgIpc) is 2.40. The van der Waals surface area contributed by atoms with Gasteiger partial charge in [-0.25, -0.2) is 0 Å². The van der Waals surface area contributed by atoms with Gasteiger partial charge in [-0.1, -0.05) is 43.0 Å². The van der Waals surface area contributed by atoms with Gasteiger partial charge >= 0.3 is 0 Å². The molecule has 0 fully saturated rings. The summed E-state index contributed by atoms with van der Waals surface area (Å²) in [5.41, 5.74) is 0.127. The van der Waals surface area contributed by atoms with E-state index in [1.54, 1.807) is 12.3 Å². The summed E-state index contributed by atoms with van der Waals surface area (Å²) < 4.78 is 0. The van der Waals surface area contributed by atoms with Gasteiger partial charge < -0.3 is 5.11 Å². The molecule has 0 aliphatic rings. The van der Waals surface area contributed by atoms with Crippen molar-refractivity contribution in [3.8, 4) is 0 Å². The van der Waals surface area contributed by atoms with Crippen molar-refractivity contribution < 1.29 is 5.11 Å². The first-order chi connectivity index (χ1) is 7.77. The van der Waals surface area contributed by atoms with Gasteiger partial charge in [0.25, 0.3) is 0 Å². The second kappa shape index (κ2) is 4.29. The molecule has 1 atom stereocenters. The van der Waals surface area contributed by atoms with E-state index in [9.17, 15) is 5.11 Å². The quantitative estimate of drug-likeness (QED) is 0.791. The predicted molar refractivity (Wildman–Crippen MR) is 63.9 cm³/mol. The average molecular weight is 211 g/mol. The van der Waals surface area contributed by atoms with Crippen LogP contribution in [0.3, 0.4) is 0 Å². The maximum absolute atomic E-state index is 10.6. The zero-order valence-electron chi connectivity index (χ0n) is 8.88. The van der Waals surface area contributed by atoms with Crippen molar-refractivity contribution in [1.82, 2.24) is 4.98 Å². The van der Waals surface area contributed by atoms with E-state index in [1.165, 1.54) is 6.08 Å². The van der Waals surface area contributed by atoms with Crippen LogP contribution >= 0.6 is 0 Å². The normalized spacial score (nSPS) is 14.1. The fraction of sp³-hybridized carbons (Fsp3) is 0.0714. The SMILES string of the molecule is C=CC(O)(c1ccccc1)c1ccccn1. The summed E-state index contributed by atoms with van der Waals surface area (Å²) in [5.74, 6) is 0. The van der Waals surface area contributed by atoms with Crippen LogP contribution in [0.5, 0.6) is 0 Å². The van der Waals surface area contributed by atoms with Crippen LogP contribution in [0.2, 0.25) is 0 Å². The van der Waals surface area contributed by atoms with E-state index in [2.05, 4.69) is 11.6 Å². The number of hydrogen-bond donors (Lipinski definition) is 1. The molecule has 0 radical (unpaired) electrons. The third kappa shape index (κ3) is 1.75. The van der Waals surface area contributed by atoms with Gasteiger partial charge in [0.05, 0.1) is 5.69 Å². The molecule has 0 bridgehead atoms. The Morgan fingerprint density at radius 3 is 2.31 bits per heavy atom. The molecule has 1 aromatic heterocycles. The Bertz CT molecular complexity index is 425. The number of rotatable bonds is 3. The van der Waals surface area contributed by atoms with Gasteiger partial charge in [-0.2, -0.15) is 0 Å². The van der Waals surface area contributed by atoms with Crippen LogP contribution in [0.15, 0.2) is 67.4 Å². The second-order valence-corrected chi connectivity index (χ2v) is 3.55. The molecule has 80 valence electrons. The van der Waals surface area contributed by atoms with Gasteiger partial charge in [-0.3, -0.25) is 4.98 Å². The second-order valence-electron chi connectivity index (χ2n) is 3.55. The van der Waals surface area contributed by atoms with Crippen LogP contribution in [0.1, 0.15) is 11.3 Å². The maximum atomic E-state index is 10.6. The van der Waals surface area contributed by atoms with Gasteiger partial charge in [0.2, 0.25) is 0 Å². The molecule has 1 heterocycles. The fourth-order valence-corrected chi connectivity index (χ4v) is 1.65. The highest BCUT2D eigenvalue weighted by molar-refractivity contribution is 5.36. The highest BCUT2D eigenvalue weighted by Crippen LogP contribution is 2.28. The van der Waals surface area contributed by atoms with E-state index in [0.29, 0.717) is 5.69 Å². The molecule has 2 nitrogen and oxygen atoms in total. The van der Waals surface area contributed by atoms with Crippen molar-refractivity contribution in [1.29, 1.82) is 0 Å². The minimum Gasteiger partial charge on any atom is -0.375 e. The molecule has 2 rings (SSSR count). The van der Waals surface area contributed by atoms with E-state index < -0.39 is 5.60 Å². The van der Waals surface area contributed by atoms with Crippen LogP contribution in [0.4, 0.5) is 0 Å². The summed E-state index contributed by atoms with van der Waals surface area (Å²) in [6, 6.07) is 14.8. The molecular weight excluding hydrogens is 198 g/mol. The maximum Gasteiger partial charge on any atom is 0.150 e. The first-order valence-electron chi connectivity index (χ1n) is 5.10. The van der Waals surface area contributed by atoms with Gasteiger partial charge in [0.15, 0.2) is 0 Å². The van der Waals surface area contributed by atoms with E-state index in [1.807, 2.05) is 42.5 Å². The molecule has 0 aliphatic carbocycles. The van der Waals surface area contributed by atoms with E-state index in [0.717, 1.165) is 5.56 Å². The first kappa shape index (κ1) is 10.6. The lowest BCUT2D eigenvalue weighted by Crippen LogP contribution is -2.25. The van der Waals surface area contributed by atoms with Gasteiger partial charge in [-0.15, -0.1) is 0 Å². The van der Waals surface area contributed by atoms with Crippen LogP contribution < -0.4 is 0 Å². The van der Waals surface area contributed by atoms with Crippen LogP contribution in [0.25, 0.3) is 0 Å². The molecule has 0 saturated heterocycles.